The van der Waals surface area contributed by atoms with Gasteiger partial charge in [0.25, 0.3) is 15.9 Å². The Balaban J connectivity index is 1.37. The number of nitrogens with zero attached hydrogens (tertiary/aromatic N) is 3. The molecule has 0 radical (unpaired) electrons. The molecule has 2 aliphatic heterocycles. The van der Waals surface area contributed by atoms with Gasteiger partial charge in [0.05, 0.1) is 5.02 Å². The lowest BCUT2D eigenvalue weighted by Gasteiger charge is -2.35. The van der Waals surface area contributed by atoms with Crippen LogP contribution in [0, 0.1) is 0 Å². The minimum Gasteiger partial charge on any atom is -0.482 e. The highest BCUT2D eigenvalue weighted by molar-refractivity contribution is 7.90. The van der Waals surface area contributed by atoms with Crippen LogP contribution in [0.25, 0.3) is 0 Å². The zero-order valence-corrected chi connectivity index (χ0v) is 17.5. The molecule has 0 unspecified atom stereocenters. The summed E-state index contributed by atoms with van der Waals surface area (Å²) in [6, 6.07) is 11.6. The lowest BCUT2D eigenvalue weighted by atomic mass is 10.1. The minimum atomic E-state index is -3.66. The van der Waals surface area contributed by atoms with Crippen LogP contribution in [0.4, 0.5) is 0 Å². The van der Waals surface area contributed by atoms with Crippen LogP contribution in [0.1, 0.15) is 5.56 Å². The van der Waals surface area contributed by atoms with Gasteiger partial charge in [-0.15, -0.1) is 4.40 Å². The van der Waals surface area contributed by atoms with E-state index in [9.17, 15) is 13.2 Å². The molecule has 0 spiro atoms. The van der Waals surface area contributed by atoms with Gasteiger partial charge in [0.15, 0.2) is 12.4 Å². The van der Waals surface area contributed by atoms with Gasteiger partial charge >= 0.3 is 0 Å². The van der Waals surface area contributed by atoms with Crippen molar-refractivity contribution in [2.24, 2.45) is 4.40 Å². The van der Waals surface area contributed by atoms with Gasteiger partial charge in [-0.25, -0.2) is 0 Å². The average Bonchev–Trinajstić information content (AvgIpc) is 2.99. The fourth-order valence-electron chi connectivity index (χ4n) is 3.31. The Hall–Kier alpha value is -2.29. The highest BCUT2D eigenvalue weighted by atomic mass is 35.5. The number of amidine groups is 1. The van der Waals surface area contributed by atoms with Crippen molar-refractivity contribution in [3.05, 3.63) is 58.1 Å². The second kappa shape index (κ2) is 7.85. The number of carbonyl (C=O) groups excluding carboxylic acids is 1. The molecule has 0 saturated carbocycles. The summed E-state index contributed by atoms with van der Waals surface area (Å²) >= 11 is 11.9. The molecule has 152 valence electrons. The molecule has 1 saturated heterocycles. The highest BCUT2D eigenvalue weighted by Crippen LogP contribution is 2.29. The van der Waals surface area contributed by atoms with Crippen molar-refractivity contribution < 1.29 is 17.9 Å². The molecule has 4 rings (SSSR count). The molecule has 2 aromatic rings. The molecule has 2 heterocycles. The summed E-state index contributed by atoms with van der Waals surface area (Å²) in [6.45, 7) is 1.71. The summed E-state index contributed by atoms with van der Waals surface area (Å²) in [6.07, 6.45) is 0. The van der Waals surface area contributed by atoms with Crippen molar-refractivity contribution in [3.8, 4) is 5.75 Å². The SMILES string of the molecule is O=C(COc1ccc(Cl)cc1Cl)N1CCN(C2=NS(=O)(=O)c3ccccc32)CC1. The van der Waals surface area contributed by atoms with E-state index in [0.29, 0.717) is 53.4 Å². The second-order valence-electron chi connectivity index (χ2n) is 6.62. The van der Waals surface area contributed by atoms with Gasteiger partial charge in [0.1, 0.15) is 10.6 Å². The molecule has 7 nitrogen and oxygen atoms in total. The van der Waals surface area contributed by atoms with Crippen molar-refractivity contribution >= 4 is 45.0 Å². The smallest absolute Gasteiger partial charge is 0.285 e. The standard InChI is InChI=1S/C19H17Cl2N3O4S/c20-13-5-6-16(15(21)11-13)28-12-18(25)23-7-9-24(10-8-23)19-14-3-1-2-4-17(14)29(26,27)22-19/h1-6,11H,7-10,12H2. The first-order chi connectivity index (χ1) is 13.8. The summed E-state index contributed by atoms with van der Waals surface area (Å²) in [4.78, 5) is 16.3. The van der Waals surface area contributed by atoms with Gasteiger partial charge in [-0.05, 0) is 30.3 Å². The number of sulfonamides is 1. The first-order valence-electron chi connectivity index (χ1n) is 8.90. The molecule has 0 N–H and O–H groups in total. The number of hydrogen-bond acceptors (Lipinski definition) is 5. The van der Waals surface area contributed by atoms with Crippen LogP contribution in [0.5, 0.6) is 5.75 Å². The molecular formula is C19H17Cl2N3O4S. The largest absolute Gasteiger partial charge is 0.482 e. The summed E-state index contributed by atoms with van der Waals surface area (Å²) < 4.78 is 33.9. The van der Waals surface area contributed by atoms with E-state index >= 15 is 0 Å². The summed E-state index contributed by atoms with van der Waals surface area (Å²) in [5.41, 5.74) is 0.605. The Kier molecular flexibility index (Phi) is 5.42. The van der Waals surface area contributed by atoms with Gasteiger partial charge in [-0.1, -0.05) is 35.3 Å². The first-order valence-corrected chi connectivity index (χ1v) is 11.1. The maximum atomic E-state index is 12.5. The van der Waals surface area contributed by atoms with Crippen LogP contribution in [0.2, 0.25) is 10.0 Å². The van der Waals surface area contributed by atoms with Crippen LogP contribution < -0.4 is 4.74 Å². The van der Waals surface area contributed by atoms with Crippen LogP contribution in [-0.4, -0.2) is 62.7 Å². The molecule has 2 aromatic carbocycles. The summed E-state index contributed by atoms with van der Waals surface area (Å²) in [7, 11) is -3.66. The average molecular weight is 454 g/mol. The Bertz CT molecular complexity index is 1100. The molecule has 1 amide bonds. The maximum Gasteiger partial charge on any atom is 0.285 e. The zero-order chi connectivity index (χ0) is 20.6. The molecule has 0 bridgehead atoms. The number of ether oxygens (including phenoxy) is 1. The molecule has 0 aliphatic carbocycles. The van der Waals surface area contributed by atoms with E-state index in [1.54, 1.807) is 47.4 Å². The number of amides is 1. The van der Waals surface area contributed by atoms with E-state index in [4.69, 9.17) is 27.9 Å². The number of halogens is 2. The highest BCUT2D eigenvalue weighted by Gasteiger charge is 2.33. The molecule has 10 heteroatoms. The predicted molar refractivity (Wildman–Crippen MR) is 110 cm³/mol. The third-order valence-electron chi connectivity index (χ3n) is 4.79. The van der Waals surface area contributed by atoms with E-state index < -0.39 is 10.0 Å². The van der Waals surface area contributed by atoms with E-state index in [1.807, 2.05) is 4.90 Å². The monoisotopic (exact) mass is 453 g/mol. The second-order valence-corrected chi connectivity index (χ2v) is 9.03. The maximum absolute atomic E-state index is 12.5. The molecular weight excluding hydrogens is 437 g/mol. The number of benzene rings is 2. The molecule has 1 fully saturated rings. The van der Waals surface area contributed by atoms with Crippen LogP contribution in [0.3, 0.4) is 0 Å². The quantitative estimate of drug-likeness (QED) is 0.713. The van der Waals surface area contributed by atoms with E-state index in [0.717, 1.165) is 0 Å². The first kappa shape index (κ1) is 20.0. The third-order valence-corrected chi connectivity index (χ3v) is 6.65. The lowest BCUT2D eigenvalue weighted by Crippen LogP contribution is -2.51. The van der Waals surface area contributed by atoms with Gasteiger partial charge in [0, 0.05) is 36.8 Å². The van der Waals surface area contributed by atoms with Gasteiger partial charge in [0.2, 0.25) is 0 Å². The topological polar surface area (TPSA) is 79.3 Å². The van der Waals surface area contributed by atoms with Crippen LogP contribution in [-0.2, 0) is 14.8 Å². The van der Waals surface area contributed by atoms with E-state index in [1.165, 1.54) is 0 Å². The van der Waals surface area contributed by atoms with Gasteiger partial charge in [-0.2, -0.15) is 8.42 Å². The number of hydrogen-bond donors (Lipinski definition) is 0. The Labute approximate surface area is 178 Å². The Morgan fingerprint density at radius 2 is 1.79 bits per heavy atom. The van der Waals surface area contributed by atoms with E-state index in [2.05, 4.69) is 4.40 Å². The summed E-state index contributed by atoms with van der Waals surface area (Å²) in [5.74, 6) is 0.666. The number of rotatable bonds is 3. The van der Waals surface area contributed by atoms with Crippen molar-refractivity contribution in [2.45, 2.75) is 4.90 Å². The number of fused-ring (bicyclic) bond motifs is 1. The van der Waals surface area contributed by atoms with Crippen molar-refractivity contribution in [2.75, 3.05) is 32.8 Å². The van der Waals surface area contributed by atoms with Gasteiger partial charge < -0.3 is 14.5 Å². The van der Waals surface area contributed by atoms with Crippen molar-refractivity contribution in [1.82, 2.24) is 9.80 Å². The van der Waals surface area contributed by atoms with Crippen molar-refractivity contribution in [3.63, 3.8) is 0 Å². The van der Waals surface area contributed by atoms with Gasteiger partial charge in [-0.3, -0.25) is 4.79 Å². The number of carbonyl (C=O) groups is 1. The Morgan fingerprint density at radius 3 is 2.52 bits per heavy atom. The fraction of sp³-hybridized carbons (Fsp3) is 0.263. The molecule has 29 heavy (non-hydrogen) atoms. The number of piperazine rings is 1. The zero-order valence-electron chi connectivity index (χ0n) is 15.2. The van der Waals surface area contributed by atoms with Crippen LogP contribution in [0.15, 0.2) is 51.8 Å². The van der Waals surface area contributed by atoms with Crippen molar-refractivity contribution in [1.29, 1.82) is 0 Å². The summed E-state index contributed by atoms with van der Waals surface area (Å²) in [5, 5.41) is 0.831. The van der Waals surface area contributed by atoms with E-state index in [-0.39, 0.29) is 17.4 Å². The molecule has 0 atom stereocenters. The molecule has 2 aliphatic rings. The Morgan fingerprint density at radius 1 is 1.07 bits per heavy atom. The molecule has 0 aromatic heterocycles. The normalized spacial score (nSPS) is 17.7. The van der Waals surface area contributed by atoms with Crippen LogP contribution >= 0.6 is 23.2 Å². The minimum absolute atomic E-state index is 0.139. The third kappa shape index (κ3) is 4.05. The fourth-order valence-corrected chi connectivity index (χ4v) is 5.00. The lowest BCUT2D eigenvalue weighted by molar-refractivity contribution is -0.134. The predicted octanol–water partition coefficient (Wildman–Crippen LogP) is 2.67.